The van der Waals surface area contributed by atoms with Crippen LogP contribution in [-0.4, -0.2) is 34.3 Å². The Morgan fingerprint density at radius 1 is 1.13 bits per heavy atom. The van der Waals surface area contributed by atoms with Crippen molar-refractivity contribution < 1.29 is 32.7 Å². The Balaban J connectivity index is 2.14. The molecule has 1 atom stereocenters. The van der Waals surface area contributed by atoms with Gasteiger partial charge < -0.3 is 15.3 Å². The number of carboxylic acid groups (broad SMARTS) is 1. The number of rotatable bonds is 7. The number of hydrogen-bond acceptors (Lipinski definition) is 7. The van der Waals surface area contributed by atoms with E-state index < -0.39 is 32.3 Å². The highest BCUT2D eigenvalue weighted by Crippen LogP contribution is 2.37. The molecule has 0 radical (unpaired) electrons. The SMILES string of the molecule is O=C(O)C(SS(=O)(=O)OCc1ccccc1)n1c(O)ccc1O. The highest BCUT2D eigenvalue weighted by atomic mass is 33.1. The van der Waals surface area contributed by atoms with Crippen LogP contribution in [0.1, 0.15) is 10.9 Å². The second kappa shape index (κ2) is 6.94. The number of aromatic hydroxyl groups is 2. The molecule has 0 saturated heterocycles. The maximum Gasteiger partial charge on any atom is 0.338 e. The van der Waals surface area contributed by atoms with Gasteiger partial charge in [0.05, 0.1) is 6.61 Å². The van der Waals surface area contributed by atoms with Crippen LogP contribution >= 0.6 is 10.8 Å². The van der Waals surface area contributed by atoms with Gasteiger partial charge in [0.25, 0.3) is 0 Å². The van der Waals surface area contributed by atoms with Crippen molar-refractivity contribution in [2.75, 3.05) is 0 Å². The van der Waals surface area contributed by atoms with E-state index in [0.29, 0.717) is 10.1 Å². The summed E-state index contributed by atoms with van der Waals surface area (Å²) in [5, 5.41) is 26.5. The van der Waals surface area contributed by atoms with E-state index in [1.807, 2.05) is 0 Å². The molecule has 23 heavy (non-hydrogen) atoms. The minimum absolute atomic E-state index is 0.0462. The quantitative estimate of drug-likeness (QED) is 0.637. The van der Waals surface area contributed by atoms with Gasteiger partial charge >= 0.3 is 15.1 Å². The van der Waals surface area contributed by atoms with Crippen molar-refractivity contribution in [3.8, 4) is 11.8 Å². The summed E-state index contributed by atoms with van der Waals surface area (Å²) in [6, 6.07) is 10.6. The van der Waals surface area contributed by atoms with Crippen LogP contribution in [0.4, 0.5) is 0 Å². The van der Waals surface area contributed by atoms with Gasteiger partial charge in [0, 0.05) is 22.9 Å². The molecule has 0 aliphatic carbocycles. The second-order valence-electron chi connectivity index (χ2n) is 4.36. The zero-order valence-corrected chi connectivity index (χ0v) is 13.2. The van der Waals surface area contributed by atoms with Gasteiger partial charge in [0.1, 0.15) is 0 Å². The number of aromatic nitrogens is 1. The molecule has 0 bridgehead atoms. The number of carbonyl (C=O) groups is 1. The third-order valence-corrected chi connectivity index (χ3v) is 5.52. The monoisotopic (exact) mass is 359 g/mol. The van der Waals surface area contributed by atoms with Crippen LogP contribution in [0.3, 0.4) is 0 Å². The minimum Gasteiger partial charge on any atom is -0.494 e. The van der Waals surface area contributed by atoms with Gasteiger partial charge in [0.15, 0.2) is 17.1 Å². The lowest BCUT2D eigenvalue weighted by molar-refractivity contribution is -0.138. The minimum atomic E-state index is -4.29. The predicted molar refractivity (Wildman–Crippen MR) is 82.2 cm³/mol. The normalized spacial score (nSPS) is 12.9. The smallest absolute Gasteiger partial charge is 0.338 e. The lowest BCUT2D eigenvalue weighted by atomic mass is 10.2. The molecule has 0 amide bonds. The molecular weight excluding hydrogens is 346 g/mol. The highest BCUT2D eigenvalue weighted by Gasteiger charge is 2.32. The van der Waals surface area contributed by atoms with E-state index in [0.717, 1.165) is 12.1 Å². The van der Waals surface area contributed by atoms with Gasteiger partial charge in [-0.25, -0.2) is 4.79 Å². The summed E-state index contributed by atoms with van der Waals surface area (Å²) >= 11 is 0. The van der Waals surface area contributed by atoms with E-state index in [1.54, 1.807) is 30.3 Å². The number of aliphatic carboxylic acids is 1. The molecular formula is C13H13NO7S2. The standard InChI is InChI=1S/C13H13NO7S2/c15-10-6-7-11(16)14(10)12(13(17)18)22-23(19,20)21-8-9-4-2-1-3-5-9/h1-7,12,15-16H,8H2,(H,17,18). The number of carboxylic acids is 1. The zero-order valence-electron chi connectivity index (χ0n) is 11.6. The van der Waals surface area contributed by atoms with Crippen LogP contribution < -0.4 is 0 Å². The predicted octanol–water partition coefficient (Wildman–Crippen LogP) is 1.68. The summed E-state index contributed by atoms with van der Waals surface area (Å²) in [6.45, 7) is -0.258. The van der Waals surface area contributed by atoms with Crippen LogP contribution in [0.5, 0.6) is 11.8 Å². The first-order chi connectivity index (χ1) is 10.8. The molecule has 0 aliphatic heterocycles. The molecule has 2 rings (SSSR count). The van der Waals surface area contributed by atoms with Crippen molar-refractivity contribution in [1.82, 2.24) is 4.57 Å². The molecule has 0 fully saturated rings. The van der Waals surface area contributed by atoms with E-state index in [1.165, 1.54) is 0 Å². The van der Waals surface area contributed by atoms with E-state index in [2.05, 4.69) is 0 Å². The van der Waals surface area contributed by atoms with Crippen molar-refractivity contribution in [3.63, 3.8) is 0 Å². The summed E-state index contributed by atoms with van der Waals surface area (Å²) in [4.78, 5) is 11.3. The molecule has 0 saturated carbocycles. The first-order valence-corrected chi connectivity index (χ1v) is 9.04. The van der Waals surface area contributed by atoms with Gasteiger partial charge in [-0.05, 0) is 5.56 Å². The van der Waals surface area contributed by atoms with E-state index in [-0.39, 0.29) is 17.4 Å². The van der Waals surface area contributed by atoms with Crippen LogP contribution in [-0.2, 0) is 24.7 Å². The molecule has 0 spiro atoms. The topological polar surface area (TPSA) is 126 Å². The molecule has 0 aliphatic rings. The third-order valence-electron chi connectivity index (χ3n) is 2.74. The molecule has 3 N–H and O–H groups in total. The third kappa shape index (κ3) is 4.41. The second-order valence-corrected chi connectivity index (χ2v) is 7.86. The Bertz CT molecular complexity index is 766. The number of benzene rings is 1. The summed E-state index contributed by atoms with van der Waals surface area (Å²) < 4.78 is 29.2. The fourth-order valence-electron chi connectivity index (χ4n) is 1.72. The Kier molecular flexibility index (Phi) is 5.19. The molecule has 1 aromatic carbocycles. The lowest BCUT2D eigenvalue weighted by Gasteiger charge is -2.15. The Labute approximate surface area is 135 Å². The van der Waals surface area contributed by atoms with E-state index >= 15 is 0 Å². The van der Waals surface area contributed by atoms with E-state index in [9.17, 15) is 23.4 Å². The molecule has 8 nitrogen and oxygen atoms in total. The average Bonchev–Trinajstić information content (AvgIpc) is 2.83. The van der Waals surface area contributed by atoms with Crippen molar-refractivity contribution in [2.24, 2.45) is 0 Å². The highest BCUT2D eigenvalue weighted by molar-refractivity contribution is 8.70. The number of hydrogen-bond donors (Lipinski definition) is 3. The van der Waals surface area contributed by atoms with E-state index in [4.69, 9.17) is 9.29 Å². The Morgan fingerprint density at radius 2 is 1.70 bits per heavy atom. The lowest BCUT2D eigenvalue weighted by Crippen LogP contribution is -2.18. The zero-order chi connectivity index (χ0) is 17.0. The summed E-state index contributed by atoms with van der Waals surface area (Å²) in [7, 11) is -4.34. The average molecular weight is 359 g/mol. The summed E-state index contributed by atoms with van der Waals surface area (Å²) in [5.41, 5.74) is 0.593. The van der Waals surface area contributed by atoms with Gasteiger partial charge in [-0.2, -0.15) is 8.42 Å². The van der Waals surface area contributed by atoms with Crippen molar-refractivity contribution in [2.45, 2.75) is 12.0 Å². The van der Waals surface area contributed by atoms with Crippen molar-refractivity contribution >= 4 is 25.9 Å². The molecule has 1 unspecified atom stereocenters. The molecule has 10 heteroatoms. The van der Waals surface area contributed by atoms with Gasteiger partial charge in [0.2, 0.25) is 0 Å². The van der Waals surface area contributed by atoms with Crippen LogP contribution in [0, 0.1) is 0 Å². The van der Waals surface area contributed by atoms with Crippen LogP contribution in [0.25, 0.3) is 0 Å². The first kappa shape index (κ1) is 17.2. The fourth-order valence-corrected chi connectivity index (χ4v) is 4.15. The van der Waals surface area contributed by atoms with Gasteiger partial charge in [-0.3, -0.25) is 8.75 Å². The Hall–Kier alpha value is -2.17. The summed E-state index contributed by atoms with van der Waals surface area (Å²) in [5.74, 6) is -2.73. The van der Waals surface area contributed by atoms with Gasteiger partial charge in [-0.15, -0.1) is 0 Å². The first-order valence-electron chi connectivity index (χ1n) is 6.23. The molecule has 2 aromatic rings. The Morgan fingerprint density at radius 3 is 2.22 bits per heavy atom. The van der Waals surface area contributed by atoms with Crippen LogP contribution in [0.2, 0.25) is 0 Å². The van der Waals surface area contributed by atoms with Gasteiger partial charge in [-0.1, -0.05) is 30.3 Å². The summed E-state index contributed by atoms with van der Waals surface area (Å²) in [6.07, 6.45) is 0. The maximum absolute atomic E-state index is 11.9. The van der Waals surface area contributed by atoms with Crippen molar-refractivity contribution in [3.05, 3.63) is 48.0 Å². The molecule has 124 valence electrons. The number of nitrogens with zero attached hydrogens (tertiary/aromatic N) is 1. The van der Waals surface area contributed by atoms with Crippen LogP contribution in [0.15, 0.2) is 42.5 Å². The molecule has 1 heterocycles. The maximum atomic E-state index is 11.9. The largest absolute Gasteiger partial charge is 0.494 e. The van der Waals surface area contributed by atoms with Crippen molar-refractivity contribution in [1.29, 1.82) is 0 Å². The molecule has 1 aromatic heterocycles. The fraction of sp³-hybridized carbons (Fsp3) is 0.154.